The molecule has 0 aromatic heterocycles. The van der Waals surface area contributed by atoms with Crippen molar-refractivity contribution in [1.82, 2.24) is 4.90 Å². The van der Waals surface area contributed by atoms with Gasteiger partial charge in [-0.15, -0.1) is 0 Å². The van der Waals surface area contributed by atoms with Crippen LogP contribution < -0.4 is 10.6 Å². The van der Waals surface area contributed by atoms with Crippen LogP contribution in [-0.4, -0.2) is 41.2 Å². The lowest BCUT2D eigenvalue weighted by Crippen LogP contribution is -2.31. The second kappa shape index (κ2) is 8.36. The molecule has 0 saturated carbocycles. The molecule has 0 saturated heterocycles. The molecule has 0 bridgehead atoms. The monoisotopic (exact) mass is 419 g/mol. The van der Waals surface area contributed by atoms with Crippen LogP contribution in [0.1, 0.15) is 33.6 Å². The highest BCUT2D eigenvalue weighted by Gasteiger charge is 2.38. The van der Waals surface area contributed by atoms with E-state index in [-0.39, 0.29) is 25.1 Å². The number of fused-ring (bicyclic) bond motifs is 1. The van der Waals surface area contributed by atoms with Gasteiger partial charge in [0.25, 0.3) is 11.8 Å². The van der Waals surface area contributed by atoms with Crippen LogP contribution in [-0.2, 0) is 9.59 Å². The first-order chi connectivity index (χ1) is 14.2. The number of nitrogens with zero attached hydrogens (tertiary/aromatic N) is 1. The zero-order valence-corrected chi connectivity index (χ0v) is 15.5. The number of carbonyl (C=O) groups excluding carboxylic acids is 4. The minimum Gasteiger partial charge on any atom is -0.326 e. The fourth-order valence-corrected chi connectivity index (χ4v) is 2.90. The Labute approximate surface area is 168 Å². The molecular weight excluding hydrogens is 403 g/mol. The topological polar surface area (TPSA) is 95.6 Å². The minimum atomic E-state index is -4.99. The van der Waals surface area contributed by atoms with Crippen LogP contribution in [0.15, 0.2) is 48.5 Å². The number of hydrogen-bond acceptors (Lipinski definition) is 4. The highest BCUT2D eigenvalue weighted by atomic mass is 19.4. The van der Waals surface area contributed by atoms with Crippen LogP contribution in [0.4, 0.5) is 24.5 Å². The van der Waals surface area contributed by atoms with E-state index in [0.29, 0.717) is 16.8 Å². The lowest BCUT2D eigenvalue weighted by Gasteiger charge is -2.13. The molecule has 2 aromatic rings. The third kappa shape index (κ3) is 4.65. The van der Waals surface area contributed by atoms with E-state index in [1.165, 1.54) is 24.3 Å². The molecule has 4 amide bonds. The van der Waals surface area contributed by atoms with Crippen molar-refractivity contribution in [2.24, 2.45) is 0 Å². The summed E-state index contributed by atoms with van der Waals surface area (Å²) in [6.45, 7) is 0.0855. The molecule has 1 aliphatic heterocycles. The molecule has 30 heavy (non-hydrogen) atoms. The minimum absolute atomic E-state index is 0.0277. The van der Waals surface area contributed by atoms with Gasteiger partial charge in [0.1, 0.15) is 0 Å². The van der Waals surface area contributed by atoms with E-state index < -0.39 is 29.8 Å². The molecule has 0 unspecified atom stereocenters. The van der Waals surface area contributed by atoms with E-state index in [1.54, 1.807) is 29.6 Å². The van der Waals surface area contributed by atoms with Gasteiger partial charge in [-0.1, -0.05) is 12.1 Å². The van der Waals surface area contributed by atoms with Crippen LogP contribution >= 0.6 is 0 Å². The Hall–Kier alpha value is -3.69. The summed E-state index contributed by atoms with van der Waals surface area (Å²) in [6.07, 6.45) is -4.72. The first-order valence-electron chi connectivity index (χ1n) is 8.90. The molecule has 7 nitrogen and oxygen atoms in total. The molecule has 10 heteroatoms. The molecule has 0 atom stereocenters. The fraction of sp³-hybridized carbons (Fsp3) is 0.200. The van der Waals surface area contributed by atoms with Gasteiger partial charge in [-0.05, 0) is 42.8 Å². The molecule has 0 aliphatic carbocycles. The number of alkyl halides is 3. The number of rotatable bonds is 6. The maximum absolute atomic E-state index is 12.2. The van der Waals surface area contributed by atoms with Gasteiger partial charge in [0, 0.05) is 24.3 Å². The summed E-state index contributed by atoms with van der Waals surface area (Å²) in [4.78, 5) is 48.5. The Kier molecular flexibility index (Phi) is 5.86. The van der Waals surface area contributed by atoms with Crippen LogP contribution in [0.3, 0.4) is 0 Å². The second-order valence-electron chi connectivity index (χ2n) is 6.49. The van der Waals surface area contributed by atoms with Crippen molar-refractivity contribution in [2.75, 3.05) is 17.2 Å². The number of anilines is 2. The van der Waals surface area contributed by atoms with Crippen molar-refractivity contribution in [2.45, 2.75) is 19.0 Å². The second-order valence-corrected chi connectivity index (χ2v) is 6.49. The summed E-state index contributed by atoms with van der Waals surface area (Å²) in [5.74, 6) is -3.27. The van der Waals surface area contributed by atoms with E-state index in [4.69, 9.17) is 0 Å². The Morgan fingerprint density at radius 1 is 0.833 bits per heavy atom. The van der Waals surface area contributed by atoms with Crippen molar-refractivity contribution in [3.05, 3.63) is 59.7 Å². The highest BCUT2D eigenvalue weighted by Crippen LogP contribution is 2.23. The van der Waals surface area contributed by atoms with Crippen LogP contribution in [0.25, 0.3) is 0 Å². The lowest BCUT2D eigenvalue weighted by atomic mass is 10.1. The van der Waals surface area contributed by atoms with Gasteiger partial charge in [-0.3, -0.25) is 24.1 Å². The van der Waals surface area contributed by atoms with Gasteiger partial charge in [-0.2, -0.15) is 13.2 Å². The molecule has 3 rings (SSSR count). The number of imide groups is 1. The molecule has 1 aliphatic rings. The molecule has 0 radical (unpaired) electrons. The number of nitrogens with one attached hydrogen (secondary N) is 2. The molecule has 0 spiro atoms. The smallest absolute Gasteiger partial charge is 0.326 e. The molecule has 2 aromatic carbocycles. The zero-order chi connectivity index (χ0) is 21.9. The third-order valence-corrected chi connectivity index (χ3v) is 4.35. The first kappa shape index (κ1) is 21.0. The van der Waals surface area contributed by atoms with Crippen molar-refractivity contribution in [3.8, 4) is 0 Å². The van der Waals surface area contributed by atoms with E-state index >= 15 is 0 Å². The van der Waals surface area contributed by atoms with Crippen molar-refractivity contribution >= 4 is 35.0 Å². The predicted molar refractivity (Wildman–Crippen MR) is 101 cm³/mol. The largest absolute Gasteiger partial charge is 0.471 e. The molecule has 156 valence electrons. The number of benzene rings is 2. The lowest BCUT2D eigenvalue weighted by molar-refractivity contribution is -0.167. The predicted octanol–water partition coefficient (Wildman–Crippen LogP) is 3.20. The summed E-state index contributed by atoms with van der Waals surface area (Å²) in [5, 5.41) is 4.25. The van der Waals surface area contributed by atoms with Gasteiger partial charge >= 0.3 is 12.1 Å². The Morgan fingerprint density at radius 2 is 1.33 bits per heavy atom. The quantitative estimate of drug-likeness (QED) is 0.703. The van der Waals surface area contributed by atoms with E-state index in [2.05, 4.69) is 5.32 Å². The van der Waals surface area contributed by atoms with Gasteiger partial charge in [0.05, 0.1) is 11.1 Å². The zero-order valence-electron chi connectivity index (χ0n) is 15.5. The summed E-state index contributed by atoms with van der Waals surface area (Å²) in [7, 11) is 0. The Balaban J connectivity index is 1.47. The van der Waals surface area contributed by atoms with Gasteiger partial charge in [-0.25, -0.2) is 0 Å². The molecule has 1 heterocycles. The Bertz CT molecular complexity index is 968. The van der Waals surface area contributed by atoms with Crippen molar-refractivity contribution in [1.29, 1.82) is 0 Å². The van der Waals surface area contributed by atoms with Crippen LogP contribution in [0.2, 0.25) is 0 Å². The highest BCUT2D eigenvalue weighted by molar-refractivity contribution is 6.21. The van der Waals surface area contributed by atoms with E-state index in [0.717, 1.165) is 4.90 Å². The average Bonchev–Trinajstić information content (AvgIpc) is 2.94. The van der Waals surface area contributed by atoms with Crippen molar-refractivity contribution < 1.29 is 32.3 Å². The molecule has 0 fully saturated rings. The molecular formula is C20H16F3N3O4. The maximum Gasteiger partial charge on any atom is 0.471 e. The van der Waals surface area contributed by atoms with E-state index in [9.17, 15) is 32.3 Å². The van der Waals surface area contributed by atoms with Gasteiger partial charge < -0.3 is 10.6 Å². The van der Waals surface area contributed by atoms with Gasteiger partial charge in [0.2, 0.25) is 5.91 Å². The number of hydrogen-bond donors (Lipinski definition) is 2. The Morgan fingerprint density at radius 3 is 1.83 bits per heavy atom. The maximum atomic E-state index is 12.2. The number of halogens is 3. The summed E-state index contributed by atoms with van der Waals surface area (Å²) in [5.41, 5.74) is 0.931. The van der Waals surface area contributed by atoms with Gasteiger partial charge in [0.15, 0.2) is 0 Å². The number of amides is 4. The standard InChI is InChI=1S/C20H16F3N3O4/c21-20(22,23)19(30)25-13-9-7-12(8-10-13)24-16(27)6-3-11-26-17(28)14-4-1-2-5-15(14)18(26)29/h1-2,4-5,7-10H,3,6,11H2,(H,24,27)(H,25,30). The SMILES string of the molecule is O=C(CCCN1C(=O)c2ccccc2C1=O)Nc1ccc(NC(=O)C(F)(F)F)cc1. The fourth-order valence-electron chi connectivity index (χ4n) is 2.90. The summed E-state index contributed by atoms with van der Waals surface area (Å²) < 4.78 is 36.7. The summed E-state index contributed by atoms with van der Waals surface area (Å²) in [6, 6.07) is 11.6. The van der Waals surface area contributed by atoms with Crippen LogP contribution in [0.5, 0.6) is 0 Å². The summed E-state index contributed by atoms with van der Waals surface area (Å²) >= 11 is 0. The normalized spacial score (nSPS) is 13.2. The average molecular weight is 419 g/mol. The number of carbonyl (C=O) groups is 4. The van der Waals surface area contributed by atoms with E-state index in [1.807, 2.05) is 0 Å². The first-order valence-corrected chi connectivity index (χ1v) is 8.90. The molecule has 2 N–H and O–H groups in total. The van der Waals surface area contributed by atoms with Crippen molar-refractivity contribution in [3.63, 3.8) is 0 Å². The third-order valence-electron chi connectivity index (χ3n) is 4.35. The van der Waals surface area contributed by atoms with Crippen LogP contribution in [0, 0.1) is 0 Å².